The van der Waals surface area contributed by atoms with Crippen LogP contribution in [0.25, 0.3) is 0 Å². The van der Waals surface area contributed by atoms with Gasteiger partial charge in [0.2, 0.25) is 0 Å². The first kappa shape index (κ1) is 20.9. The maximum Gasteiger partial charge on any atom is 0.263 e. The molecule has 0 aliphatic rings. The quantitative estimate of drug-likeness (QED) is 0.598. The molecule has 0 bridgehead atoms. The van der Waals surface area contributed by atoms with Gasteiger partial charge in [-0.15, -0.1) is 0 Å². The van der Waals surface area contributed by atoms with Gasteiger partial charge >= 0.3 is 0 Å². The van der Waals surface area contributed by atoms with Crippen molar-refractivity contribution in [2.24, 2.45) is 0 Å². The van der Waals surface area contributed by atoms with E-state index in [1.54, 1.807) is 6.07 Å². The molecular weight excluding hydrogens is 408 g/mol. The number of nitrogens with one attached hydrogen (secondary N) is 2. The van der Waals surface area contributed by atoms with Crippen molar-refractivity contribution in [3.63, 3.8) is 0 Å². The zero-order valence-electron chi connectivity index (χ0n) is 16.1. The third-order valence-corrected chi connectivity index (χ3v) is 6.26. The van der Waals surface area contributed by atoms with E-state index in [0.717, 1.165) is 16.7 Å². The van der Waals surface area contributed by atoms with Gasteiger partial charge < -0.3 is 5.32 Å². The fourth-order valence-electron chi connectivity index (χ4n) is 2.78. The van der Waals surface area contributed by atoms with Crippen LogP contribution < -0.4 is 10.0 Å². The lowest BCUT2D eigenvalue weighted by Crippen LogP contribution is -2.23. The lowest BCUT2D eigenvalue weighted by Gasteiger charge is -2.13. The van der Waals surface area contributed by atoms with Crippen molar-refractivity contribution in [2.45, 2.75) is 25.3 Å². The highest BCUT2D eigenvalue weighted by molar-refractivity contribution is 7.92. The first-order valence-electron chi connectivity index (χ1n) is 8.98. The highest BCUT2D eigenvalue weighted by Crippen LogP contribution is 2.27. The predicted octanol–water partition coefficient (Wildman–Crippen LogP) is 4.69. The van der Waals surface area contributed by atoms with E-state index < -0.39 is 10.0 Å². The molecule has 0 aliphatic carbocycles. The van der Waals surface area contributed by atoms with E-state index in [2.05, 4.69) is 10.0 Å². The number of rotatable bonds is 6. The van der Waals surface area contributed by atoms with Crippen LogP contribution in [0.2, 0.25) is 5.02 Å². The monoisotopic (exact) mass is 428 g/mol. The molecule has 3 rings (SSSR count). The number of aryl methyl sites for hydroxylation is 2. The van der Waals surface area contributed by atoms with Crippen LogP contribution >= 0.6 is 11.6 Å². The van der Waals surface area contributed by atoms with E-state index in [1.165, 1.54) is 18.2 Å². The van der Waals surface area contributed by atoms with Crippen LogP contribution in [-0.4, -0.2) is 14.3 Å². The molecular formula is C22H21ClN2O3S. The molecule has 0 saturated carbocycles. The number of carbonyl (C=O) groups excluding carboxylic acids is 1. The van der Waals surface area contributed by atoms with Gasteiger partial charge in [0.15, 0.2) is 0 Å². The third kappa shape index (κ3) is 5.16. The minimum Gasteiger partial charge on any atom is -0.348 e. The summed E-state index contributed by atoms with van der Waals surface area (Å²) in [5.74, 6) is -0.381. The molecule has 0 saturated heterocycles. The van der Waals surface area contributed by atoms with Crippen LogP contribution in [0.3, 0.4) is 0 Å². The number of hydrogen-bond donors (Lipinski definition) is 2. The lowest BCUT2D eigenvalue weighted by atomic mass is 10.1. The van der Waals surface area contributed by atoms with Gasteiger partial charge in [-0.05, 0) is 54.8 Å². The first-order valence-corrected chi connectivity index (χ1v) is 10.8. The topological polar surface area (TPSA) is 75.3 Å². The number of sulfonamides is 1. The van der Waals surface area contributed by atoms with Crippen LogP contribution in [0, 0.1) is 13.8 Å². The molecule has 29 heavy (non-hydrogen) atoms. The van der Waals surface area contributed by atoms with Crippen LogP contribution in [-0.2, 0) is 16.6 Å². The summed E-state index contributed by atoms with van der Waals surface area (Å²) in [5.41, 5.74) is 3.34. The molecule has 150 valence electrons. The van der Waals surface area contributed by atoms with E-state index >= 15 is 0 Å². The highest BCUT2D eigenvalue weighted by Gasteiger charge is 2.21. The molecule has 0 atom stereocenters. The highest BCUT2D eigenvalue weighted by atomic mass is 35.5. The Bertz CT molecular complexity index is 1150. The van der Waals surface area contributed by atoms with Crippen molar-refractivity contribution in [2.75, 3.05) is 4.72 Å². The third-order valence-electron chi connectivity index (χ3n) is 4.42. The van der Waals surface area contributed by atoms with Gasteiger partial charge in [0.05, 0.1) is 10.7 Å². The smallest absolute Gasteiger partial charge is 0.263 e. The van der Waals surface area contributed by atoms with Gasteiger partial charge in [0.25, 0.3) is 15.9 Å². The fourth-order valence-corrected chi connectivity index (χ4v) is 4.42. The predicted molar refractivity (Wildman–Crippen MR) is 116 cm³/mol. The molecule has 3 aromatic carbocycles. The van der Waals surface area contributed by atoms with Gasteiger partial charge in [-0.1, -0.05) is 54.1 Å². The molecule has 0 unspecified atom stereocenters. The molecule has 0 aromatic heterocycles. The van der Waals surface area contributed by atoms with E-state index in [4.69, 9.17) is 11.6 Å². The Labute approximate surface area is 175 Å². The first-order chi connectivity index (χ1) is 13.8. The average molecular weight is 429 g/mol. The van der Waals surface area contributed by atoms with Gasteiger partial charge in [-0.2, -0.15) is 0 Å². The fraction of sp³-hybridized carbons (Fsp3) is 0.136. The van der Waals surface area contributed by atoms with Gasteiger partial charge in [-0.3, -0.25) is 9.52 Å². The van der Waals surface area contributed by atoms with Gasteiger partial charge in [-0.25, -0.2) is 8.42 Å². The molecule has 1 amide bonds. The van der Waals surface area contributed by atoms with Crippen LogP contribution in [0.5, 0.6) is 0 Å². The van der Waals surface area contributed by atoms with Crippen molar-refractivity contribution in [1.29, 1.82) is 0 Å². The second kappa shape index (κ2) is 8.68. The summed E-state index contributed by atoms with van der Waals surface area (Å²) in [7, 11) is -3.97. The number of halogens is 1. The zero-order valence-corrected chi connectivity index (χ0v) is 17.6. The van der Waals surface area contributed by atoms with Crippen LogP contribution in [0.1, 0.15) is 27.0 Å². The molecule has 3 aromatic rings. The van der Waals surface area contributed by atoms with E-state index in [0.29, 0.717) is 12.2 Å². The Balaban J connectivity index is 1.84. The van der Waals surface area contributed by atoms with Crippen LogP contribution in [0.15, 0.2) is 71.6 Å². The molecule has 0 fully saturated rings. The summed E-state index contributed by atoms with van der Waals surface area (Å²) in [6, 6.07) is 19.1. The Morgan fingerprint density at radius 2 is 1.69 bits per heavy atom. The normalized spacial score (nSPS) is 11.1. The lowest BCUT2D eigenvalue weighted by molar-refractivity contribution is 0.0950. The summed E-state index contributed by atoms with van der Waals surface area (Å²) < 4.78 is 28.4. The standard InChI is InChI=1S/C22H21ClN2O3S/c1-15-8-9-16(2)20(12-15)25-29(27,28)21-13-18(10-11-19(21)23)22(26)24-14-17-6-4-3-5-7-17/h3-13,25H,14H2,1-2H3,(H,24,26). The Hall–Kier alpha value is -2.83. The van der Waals surface area contributed by atoms with Crippen molar-refractivity contribution in [3.8, 4) is 0 Å². The summed E-state index contributed by atoms with van der Waals surface area (Å²) in [5, 5.41) is 2.83. The second-order valence-electron chi connectivity index (χ2n) is 6.74. The molecule has 0 radical (unpaired) electrons. The maximum absolute atomic E-state index is 12.9. The van der Waals surface area contributed by atoms with Gasteiger partial charge in [0.1, 0.15) is 4.90 Å². The molecule has 0 spiro atoms. The number of carbonyl (C=O) groups is 1. The van der Waals surface area contributed by atoms with Crippen molar-refractivity contribution < 1.29 is 13.2 Å². The summed E-state index contributed by atoms with van der Waals surface area (Å²) >= 11 is 6.14. The molecule has 5 nitrogen and oxygen atoms in total. The zero-order chi connectivity index (χ0) is 21.0. The molecule has 2 N–H and O–H groups in total. The Morgan fingerprint density at radius 3 is 2.41 bits per heavy atom. The summed E-state index contributed by atoms with van der Waals surface area (Å²) in [4.78, 5) is 12.4. The van der Waals surface area contributed by atoms with Crippen molar-refractivity contribution in [1.82, 2.24) is 5.32 Å². The van der Waals surface area contributed by atoms with Crippen molar-refractivity contribution >= 4 is 33.2 Å². The van der Waals surface area contributed by atoms with E-state index in [1.807, 2.05) is 56.3 Å². The Kier molecular flexibility index (Phi) is 6.25. The van der Waals surface area contributed by atoms with Gasteiger partial charge in [0, 0.05) is 12.1 Å². The number of hydrogen-bond acceptors (Lipinski definition) is 3. The minimum atomic E-state index is -3.97. The Morgan fingerprint density at radius 1 is 0.966 bits per heavy atom. The molecule has 0 aliphatic heterocycles. The summed E-state index contributed by atoms with van der Waals surface area (Å²) in [6.07, 6.45) is 0. The number of benzene rings is 3. The molecule has 0 heterocycles. The minimum absolute atomic E-state index is 0.0439. The summed E-state index contributed by atoms with van der Waals surface area (Å²) in [6.45, 7) is 4.03. The number of amides is 1. The van der Waals surface area contributed by atoms with Crippen LogP contribution in [0.4, 0.5) is 5.69 Å². The molecule has 7 heteroatoms. The average Bonchev–Trinajstić information content (AvgIpc) is 2.69. The maximum atomic E-state index is 12.9. The number of anilines is 1. The second-order valence-corrected chi connectivity index (χ2v) is 8.80. The van der Waals surface area contributed by atoms with E-state index in [-0.39, 0.29) is 21.4 Å². The van der Waals surface area contributed by atoms with Crippen molar-refractivity contribution in [3.05, 3.63) is 94.0 Å². The SMILES string of the molecule is Cc1ccc(C)c(NS(=O)(=O)c2cc(C(=O)NCc3ccccc3)ccc2Cl)c1. The largest absolute Gasteiger partial charge is 0.348 e. The van der Waals surface area contributed by atoms with E-state index in [9.17, 15) is 13.2 Å².